The zero-order valence-corrected chi connectivity index (χ0v) is 7.87. The molecule has 1 aromatic carbocycles. The van der Waals surface area contributed by atoms with E-state index in [4.69, 9.17) is 0 Å². The number of thioether (sulfide) groups is 2. The van der Waals surface area contributed by atoms with Crippen LogP contribution in [0.1, 0.15) is 10.1 Å². The Morgan fingerprint density at radius 3 is 2.42 bits per heavy atom. The van der Waals surface area contributed by atoms with Crippen LogP contribution < -0.4 is 0 Å². The summed E-state index contributed by atoms with van der Waals surface area (Å²) in [7, 11) is 0. The first-order valence-electron chi connectivity index (χ1n) is 3.58. The van der Waals surface area contributed by atoms with Crippen molar-refractivity contribution < 1.29 is 4.39 Å². The maximum absolute atomic E-state index is 13.2. The summed E-state index contributed by atoms with van der Waals surface area (Å²) in [5.74, 6) is -0.105. The first kappa shape index (κ1) is 8.20. The number of benzene rings is 1. The van der Waals surface area contributed by atoms with Gasteiger partial charge in [0, 0.05) is 5.56 Å². The average molecular weight is 198 g/mol. The third-order valence-corrected chi connectivity index (χ3v) is 4.05. The molecular formula is C9H7FS2. The molecule has 1 aromatic rings. The van der Waals surface area contributed by atoms with Gasteiger partial charge in [-0.15, -0.1) is 23.5 Å². The summed E-state index contributed by atoms with van der Waals surface area (Å²) in [6.07, 6.45) is 0. The lowest BCUT2D eigenvalue weighted by Gasteiger charge is -2.08. The smallest absolute Gasteiger partial charge is 0.128 e. The molecule has 1 heterocycles. The lowest BCUT2D eigenvalue weighted by Crippen LogP contribution is -1.89. The largest absolute Gasteiger partial charge is 0.207 e. The highest BCUT2D eigenvalue weighted by Crippen LogP contribution is 2.46. The topological polar surface area (TPSA) is 0 Å². The maximum Gasteiger partial charge on any atom is 0.128 e. The zero-order chi connectivity index (χ0) is 8.39. The summed E-state index contributed by atoms with van der Waals surface area (Å²) in [6.45, 7) is 0. The highest BCUT2D eigenvalue weighted by molar-refractivity contribution is 8.21. The van der Waals surface area contributed by atoms with Gasteiger partial charge in [-0.3, -0.25) is 0 Å². The second-order valence-electron chi connectivity index (χ2n) is 2.40. The van der Waals surface area contributed by atoms with Crippen molar-refractivity contribution in [1.29, 1.82) is 0 Å². The molecule has 0 fully saturated rings. The minimum Gasteiger partial charge on any atom is -0.207 e. The van der Waals surface area contributed by atoms with Gasteiger partial charge >= 0.3 is 0 Å². The van der Waals surface area contributed by atoms with Crippen LogP contribution in [0.3, 0.4) is 0 Å². The summed E-state index contributed by atoms with van der Waals surface area (Å²) in [5.41, 5.74) is 0.789. The van der Waals surface area contributed by atoms with Crippen LogP contribution in [0.15, 0.2) is 35.1 Å². The minimum atomic E-state index is -0.105. The zero-order valence-electron chi connectivity index (χ0n) is 6.24. The van der Waals surface area contributed by atoms with Gasteiger partial charge < -0.3 is 0 Å². The van der Waals surface area contributed by atoms with Gasteiger partial charge in [0.2, 0.25) is 0 Å². The normalized spacial score (nSPS) is 17.1. The maximum atomic E-state index is 13.2. The van der Waals surface area contributed by atoms with E-state index in [0.717, 1.165) is 5.56 Å². The summed E-state index contributed by atoms with van der Waals surface area (Å²) < 4.78 is 13.4. The Morgan fingerprint density at radius 1 is 1.08 bits per heavy atom. The first-order chi connectivity index (χ1) is 5.88. The summed E-state index contributed by atoms with van der Waals surface area (Å²) in [4.78, 5) is 0. The minimum absolute atomic E-state index is 0.105. The van der Waals surface area contributed by atoms with E-state index < -0.39 is 0 Å². The van der Waals surface area contributed by atoms with Gasteiger partial charge in [0.15, 0.2) is 0 Å². The number of rotatable bonds is 1. The molecule has 0 aromatic heterocycles. The van der Waals surface area contributed by atoms with Crippen LogP contribution in [-0.4, -0.2) is 0 Å². The molecule has 2 rings (SSSR count). The van der Waals surface area contributed by atoms with Crippen molar-refractivity contribution in [3.63, 3.8) is 0 Å². The van der Waals surface area contributed by atoms with Crippen LogP contribution in [0.25, 0.3) is 0 Å². The van der Waals surface area contributed by atoms with Gasteiger partial charge in [0.05, 0.1) is 4.58 Å². The van der Waals surface area contributed by atoms with Crippen LogP contribution in [0.2, 0.25) is 0 Å². The SMILES string of the molecule is Fc1ccccc1C1SC=CS1. The highest BCUT2D eigenvalue weighted by Gasteiger charge is 2.17. The van der Waals surface area contributed by atoms with E-state index in [1.165, 1.54) is 6.07 Å². The second kappa shape index (κ2) is 3.54. The molecule has 0 unspecified atom stereocenters. The molecule has 0 saturated carbocycles. The average Bonchev–Trinajstić information content (AvgIpc) is 2.57. The Labute approximate surface area is 79.2 Å². The Morgan fingerprint density at radius 2 is 1.75 bits per heavy atom. The summed E-state index contributed by atoms with van der Waals surface area (Å²) in [6, 6.07) is 6.94. The number of halogens is 1. The van der Waals surface area contributed by atoms with E-state index in [0.29, 0.717) is 0 Å². The summed E-state index contributed by atoms with van der Waals surface area (Å²) >= 11 is 3.30. The van der Waals surface area contributed by atoms with Crippen molar-refractivity contribution in [2.75, 3.05) is 0 Å². The second-order valence-corrected chi connectivity index (χ2v) is 4.73. The third kappa shape index (κ3) is 1.52. The lowest BCUT2D eigenvalue weighted by atomic mass is 10.2. The predicted molar refractivity (Wildman–Crippen MR) is 53.5 cm³/mol. The molecule has 0 bridgehead atoms. The van der Waals surface area contributed by atoms with Crippen molar-refractivity contribution in [2.45, 2.75) is 4.58 Å². The fraction of sp³-hybridized carbons (Fsp3) is 0.111. The van der Waals surface area contributed by atoms with Crippen molar-refractivity contribution in [1.82, 2.24) is 0 Å². The van der Waals surface area contributed by atoms with E-state index in [-0.39, 0.29) is 10.4 Å². The molecule has 12 heavy (non-hydrogen) atoms. The quantitative estimate of drug-likeness (QED) is 0.673. The molecule has 0 saturated heterocycles. The van der Waals surface area contributed by atoms with E-state index >= 15 is 0 Å². The Hall–Kier alpha value is -0.410. The molecule has 0 spiro atoms. The molecule has 0 N–H and O–H groups in total. The van der Waals surface area contributed by atoms with Gasteiger partial charge in [-0.25, -0.2) is 4.39 Å². The Kier molecular flexibility index (Phi) is 2.42. The molecule has 3 heteroatoms. The monoisotopic (exact) mass is 198 g/mol. The molecule has 0 aliphatic carbocycles. The molecule has 1 aliphatic rings. The third-order valence-electron chi connectivity index (χ3n) is 1.62. The fourth-order valence-electron chi connectivity index (χ4n) is 1.05. The molecular weight excluding hydrogens is 191 g/mol. The Bertz CT molecular complexity index is 301. The van der Waals surface area contributed by atoms with Gasteiger partial charge in [0.1, 0.15) is 5.82 Å². The van der Waals surface area contributed by atoms with Crippen molar-refractivity contribution in [3.8, 4) is 0 Å². The van der Waals surface area contributed by atoms with E-state index in [1.807, 2.05) is 22.9 Å². The van der Waals surface area contributed by atoms with Crippen molar-refractivity contribution in [3.05, 3.63) is 46.5 Å². The molecule has 0 nitrogen and oxygen atoms in total. The van der Waals surface area contributed by atoms with Crippen LogP contribution in [0.4, 0.5) is 4.39 Å². The highest BCUT2D eigenvalue weighted by atomic mass is 32.2. The predicted octanol–water partition coefficient (Wildman–Crippen LogP) is 3.78. The van der Waals surface area contributed by atoms with Crippen LogP contribution in [-0.2, 0) is 0 Å². The van der Waals surface area contributed by atoms with Gasteiger partial charge in [-0.1, -0.05) is 18.2 Å². The molecule has 0 radical (unpaired) electrons. The lowest BCUT2D eigenvalue weighted by molar-refractivity contribution is 0.617. The van der Waals surface area contributed by atoms with Gasteiger partial charge in [0.25, 0.3) is 0 Å². The van der Waals surface area contributed by atoms with Crippen LogP contribution in [0.5, 0.6) is 0 Å². The number of hydrogen-bond acceptors (Lipinski definition) is 2. The van der Waals surface area contributed by atoms with E-state index in [2.05, 4.69) is 0 Å². The van der Waals surface area contributed by atoms with Gasteiger partial charge in [-0.2, -0.15) is 0 Å². The first-order valence-corrected chi connectivity index (χ1v) is 5.47. The van der Waals surface area contributed by atoms with Crippen molar-refractivity contribution >= 4 is 23.5 Å². The van der Waals surface area contributed by atoms with E-state index in [9.17, 15) is 4.39 Å². The van der Waals surface area contributed by atoms with Gasteiger partial charge in [-0.05, 0) is 16.9 Å². The standard InChI is InChI=1S/C9H7FS2/c10-8-4-2-1-3-7(8)9-11-5-6-12-9/h1-6,9H. The van der Waals surface area contributed by atoms with Crippen molar-refractivity contribution in [2.24, 2.45) is 0 Å². The van der Waals surface area contributed by atoms with E-state index in [1.54, 1.807) is 29.6 Å². The summed E-state index contributed by atoms with van der Waals surface area (Å²) in [5, 5.41) is 4.00. The molecule has 1 aliphatic heterocycles. The Balaban J connectivity index is 2.27. The molecule has 0 amide bonds. The molecule has 62 valence electrons. The number of hydrogen-bond donors (Lipinski definition) is 0. The van der Waals surface area contributed by atoms with Crippen LogP contribution in [0, 0.1) is 5.82 Å². The van der Waals surface area contributed by atoms with Crippen LogP contribution >= 0.6 is 23.5 Å². The fourth-order valence-corrected chi connectivity index (χ4v) is 3.17. The molecule has 0 atom stereocenters.